The fourth-order valence-corrected chi connectivity index (χ4v) is 1.04. The molecule has 0 saturated carbocycles. The number of rotatable bonds is 5. The van der Waals surface area contributed by atoms with Crippen LogP contribution < -0.4 is 5.73 Å². The molecule has 0 saturated heterocycles. The minimum Gasteiger partial charge on any atom is -0.468 e. The number of alkyl halides is 3. The van der Waals surface area contributed by atoms with Crippen molar-refractivity contribution in [3.63, 3.8) is 0 Å². The van der Waals surface area contributed by atoms with Gasteiger partial charge in [-0.3, -0.25) is 0 Å². The van der Waals surface area contributed by atoms with Crippen LogP contribution in [0.4, 0.5) is 13.2 Å². The van der Waals surface area contributed by atoms with E-state index in [1.165, 1.54) is 6.26 Å². The minimum atomic E-state index is -4.17. The highest BCUT2D eigenvalue weighted by molar-refractivity contribution is 5.15. The van der Waals surface area contributed by atoms with E-state index in [2.05, 4.69) is 0 Å². The number of ether oxygens (including phenoxy) is 1. The monoisotopic (exact) mass is 223 g/mol. The second kappa shape index (κ2) is 5.18. The van der Waals surface area contributed by atoms with Gasteiger partial charge in [-0.15, -0.1) is 0 Å². The normalized spacial score (nSPS) is 12.0. The highest BCUT2D eigenvalue weighted by atomic mass is 19.4. The Hall–Kier alpha value is -1.01. The van der Waals surface area contributed by atoms with Crippen molar-refractivity contribution < 1.29 is 22.3 Å². The van der Waals surface area contributed by atoms with E-state index in [9.17, 15) is 13.2 Å². The summed E-state index contributed by atoms with van der Waals surface area (Å²) in [5, 5.41) is 0. The zero-order chi connectivity index (χ0) is 11.3. The van der Waals surface area contributed by atoms with E-state index in [1.54, 1.807) is 6.07 Å². The quantitative estimate of drug-likeness (QED) is 0.778. The van der Waals surface area contributed by atoms with Crippen LogP contribution in [0.5, 0.6) is 0 Å². The Bertz CT molecular complexity index is 296. The van der Waals surface area contributed by atoms with Gasteiger partial charge in [0.05, 0.1) is 32.4 Å². The van der Waals surface area contributed by atoms with Crippen molar-refractivity contribution >= 4 is 0 Å². The Balaban J connectivity index is 2.26. The van der Waals surface area contributed by atoms with Gasteiger partial charge in [0.2, 0.25) is 0 Å². The average molecular weight is 223 g/mol. The fourth-order valence-electron chi connectivity index (χ4n) is 1.04. The van der Waals surface area contributed by atoms with Crippen molar-refractivity contribution in [3.8, 4) is 0 Å². The van der Waals surface area contributed by atoms with Gasteiger partial charge < -0.3 is 14.9 Å². The smallest absolute Gasteiger partial charge is 0.391 e. The zero-order valence-corrected chi connectivity index (χ0v) is 8.01. The lowest BCUT2D eigenvalue weighted by atomic mass is 10.2. The first-order chi connectivity index (χ1) is 7.03. The molecular weight excluding hydrogens is 211 g/mol. The van der Waals surface area contributed by atoms with Gasteiger partial charge >= 0.3 is 6.18 Å². The molecule has 0 radical (unpaired) electrons. The predicted molar refractivity (Wildman–Crippen MR) is 46.9 cm³/mol. The van der Waals surface area contributed by atoms with Crippen molar-refractivity contribution in [1.82, 2.24) is 0 Å². The molecule has 0 bridgehead atoms. The lowest BCUT2D eigenvalue weighted by Gasteiger charge is -2.06. The molecule has 0 spiro atoms. The van der Waals surface area contributed by atoms with Gasteiger partial charge in [-0.25, -0.2) is 0 Å². The number of nitrogens with two attached hydrogens (primary N) is 1. The molecule has 0 aromatic carbocycles. The first kappa shape index (κ1) is 12.1. The van der Waals surface area contributed by atoms with Gasteiger partial charge in [0.1, 0.15) is 5.76 Å². The van der Waals surface area contributed by atoms with Crippen LogP contribution in [-0.2, 0) is 17.9 Å². The third-order valence-corrected chi connectivity index (χ3v) is 1.81. The molecule has 0 aliphatic rings. The maximum Gasteiger partial charge on any atom is 0.391 e. The average Bonchev–Trinajstić information content (AvgIpc) is 2.58. The van der Waals surface area contributed by atoms with Gasteiger partial charge in [-0.05, 0) is 6.07 Å². The topological polar surface area (TPSA) is 48.4 Å². The van der Waals surface area contributed by atoms with Crippen LogP contribution in [0.25, 0.3) is 0 Å². The molecule has 6 heteroatoms. The van der Waals surface area contributed by atoms with E-state index in [-0.39, 0.29) is 19.8 Å². The van der Waals surface area contributed by atoms with Crippen LogP contribution in [0.1, 0.15) is 17.7 Å². The summed E-state index contributed by atoms with van der Waals surface area (Å²) in [5.41, 5.74) is 6.03. The van der Waals surface area contributed by atoms with Crippen LogP contribution in [-0.4, -0.2) is 12.8 Å². The van der Waals surface area contributed by atoms with Crippen LogP contribution in [0.15, 0.2) is 16.7 Å². The lowest BCUT2D eigenvalue weighted by Crippen LogP contribution is -2.11. The SMILES string of the molecule is NCc1occc1COCCC(F)(F)F. The Morgan fingerprint density at radius 3 is 2.73 bits per heavy atom. The van der Waals surface area contributed by atoms with E-state index in [1.807, 2.05) is 0 Å². The summed E-state index contributed by atoms with van der Waals surface area (Å²) in [6.07, 6.45) is -3.68. The molecule has 0 atom stereocenters. The fraction of sp³-hybridized carbons (Fsp3) is 0.556. The molecule has 0 fully saturated rings. The third-order valence-electron chi connectivity index (χ3n) is 1.81. The zero-order valence-electron chi connectivity index (χ0n) is 8.01. The van der Waals surface area contributed by atoms with Crippen molar-refractivity contribution in [2.24, 2.45) is 5.73 Å². The van der Waals surface area contributed by atoms with Crippen molar-refractivity contribution in [3.05, 3.63) is 23.7 Å². The van der Waals surface area contributed by atoms with E-state index >= 15 is 0 Å². The van der Waals surface area contributed by atoms with Crippen molar-refractivity contribution in [2.75, 3.05) is 6.61 Å². The summed E-state index contributed by atoms with van der Waals surface area (Å²) >= 11 is 0. The van der Waals surface area contributed by atoms with Crippen molar-refractivity contribution in [2.45, 2.75) is 25.7 Å². The second-order valence-electron chi connectivity index (χ2n) is 2.99. The molecule has 3 nitrogen and oxygen atoms in total. The van der Waals surface area contributed by atoms with Crippen LogP contribution >= 0.6 is 0 Å². The first-order valence-electron chi connectivity index (χ1n) is 4.43. The minimum absolute atomic E-state index is 0.0963. The van der Waals surface area contributed by atoms with Crippen molar-refractivity contribution in [1.29, 1.82) is 0 Å². The van der Waals surface area contributed by atoms with E-state index in [0.29, 0.717) is 11.3 Å². The molecule has 1 aromatic heterocycles. The van der Waals surface area contributed by atoms with Crippen LogP contribution in [0.3, 0.4) is 0 Å². The molecule has 15 heavy (non-hydrogen) atoms. The van der Waals surface area contributed by atoms with E-state index in [4.69, 9.17) is 14.9 Å². The molecule has 1 aromatic rings. The number of halogens is 3. The van der Waals surface area contributed by atoms with Crippen LogP contribution in [0.2, 0.25) is 0 Å². The molecule has 0 unspecified atom stereocenters. The van der Waals surface area contributed by atoms with E-state index < -0.39 is 12.6 Å². The summed E-state index contributed by atoms with van der Waals surface area (Å²) in [6, 6.07) is 1.63. The Kier molecular flexibility index (Phi) is 4.16. The standard InChI is InChI=1S/C9H12F3NO2/c10-9(11,12)2-4-14-6-7-1-3-15-8(7)5-13/h1,3H,2,4-6,13H2. The Morgan fingerprint density at radius 1 is 1.40 bits per heavy atom. The molecule has 86 valence electrons. The largest absolute Gasteiger partial charge is 0.468 e. The predicted octanol–water partition coefficient (Wildman–Crippen LogP) is 2.21. The number of hydrogen-bond acceptors (Lipinski definition) is 3. The molecule has 0 amide bonds. The summed E-state index contributed by atoms with van der Waals surface area (Å²) < 4.78 is 45.1. The molecule has 0 aliphatic heterocycles. The third kappa shape index (κ3) is 4.35. The summed E-state index contributed by atoms with van der Waals surface area (Å²) in [6.45, 7) is -0.0389. The van der Waals surface area contributed by atoms with Gasteiger partial charge in [0.15, 0.2) is 0 Å². The lowest BCUT2D eigenvalue weighted by molar-refractivity contribution is -0.146. The number of furan rings is 1. The second-order valence-corrected chi connectivity index (χ2v) is 2.99. The molecule has 1 heterocycles. The van der Waals surface area contributed by atoms with Gasteiger partial charge in [0.25, 0.3) is 0 Å². The highest BCUT2D eigenvalue weighted by Crippen LogP contribution is 2.19. The number of hydrogen-bond donors (Lipinski definition) is 1. The maximum absolute atomic E-state index is 11.7. The molecule has 2 N–H and O–H groups in total. The molecule has 0 aliphatic carbocycles. The van der Waals surface area contributed by atoms with Gasteiger partial charge in [0, 0.05) is 5.56 Å². The summed E-state index contributed by atoms with van der Waals surface area (Å²) in [4.78, 5) is 0. The van der Waals surface area contributed by atoms with E-state index in [0.717, 1.165) is 0 Å². The Morgan fingerprint density at radius 2 is 2.13 bits per heavy atom. The first-order valence-corrected chi connectivity index (χ1v) is 4.43. The molecule has 1 rings (SSSR count). The van der Waals surface area contributed by atoms with Gasteiger partial charge in [-0.1, -0.05) is 0 Å². The maximum atomic E-state index is 11.7. The highest BCUT2D eigenvalue weighted by Gasteiger charge is 2.26. The summed E-state index contributed by atoms with van der Waals surface area (Å²) in [7, 11) is 0. The summed E-state index contributed by atoms with van der Waals surface area (Å²) in [5.74, 6) is 0.544. The Labute approximate surface area is 85.0 Å². The van der Waals surface area contributed by atoms with Gasteiger partial charge in [-0.2, -0.15) is 13.2 Å². The van der Waals surface area contributed by atoms with Crippen LogP contribution in [0, 0.1) is 0 Å². The molecular formula is C9H12F3NO2.